The Bertz CT molecular complexity index is 1900. The van der Waals surface area contributed by atoms with E-state index in [1.54, 1.807) is 80.2 Å². The second-order valence-corrected chi connectivity index (χ2v) is 13.3. The first-order valence-electron chi connectivity index (χ1n) is 16.3. The number of benzene rings is 3. The molecule has 0 saturated carbocycles. The number of hydrogen-bond acceptors (Lipinski definition) is 6. The summed E-state index contributed by atoms with van der Waals surface area (Å²) in [6.07, 6.45) is 4.68. The minimum Gasteiger partial charge on any atom is -0.444 e. The van der Waals surface area contributed by atoms with Gasteiger partial charge in [-0.3, -0.25) is 14.2 Å². The highest BCUT2D eigenvalue weighted by atomic mass is 35.5. The first-order valence-corrected chi connectivity index (χ1v) is 16.6. The maximum Gasteiger partial charge on any atom is 0.408 e. The predicted molar refractivity (Wildman–Crippen MR) is 190 cm³/mol. The van der Waals surface area contributed by atoms with Gasteiger partial charge in [-0.05, 0) is 75.2 Å². The van der Waals surface area contributed by atoms with Crippen LogP contribution in [-0.2, 0) is 27.3 Å². The Morgan fingerprint density at radius 3 is 2.42 bits per heavy atom. The summed E-state index contributed by atoms with van der Waals surface area (Å²) >= 11 is 5.89. The van der Waals surface area contributed by atoms with Crippen molar-refractivity contribution in [1.29, 1.82) is 0 Å². The van der Waals surface area contributed by atoms with Gasteiger partial charge in [0.1, 0.15) is 40.6 Å². The van der Waals surface area contributed by atoms with Crippen molar-refractivity contribution in [2.24, 2.45) is 0 Å². The molecule has 10 nitrogen and oxygen atoms in total. The van der Waals surface area contributed by atoms with Gasteiger partial charge < -0.3 is 25.6 Å². The van der Waals surface area contributed by atoms with E-state index >= 15 is 0 Å². The van der Waals surface area contributed by atoms with E-state index < -0.39 is 35.3 Å². The van der Waals surface area contributed by atoms with Crippen molar-refractivity contribution in [2.45, 2.75) is 71.6 Å². The van der Waals surface area contributed by atoms with Crippen molar-refractivity contribution in [3.8, 4) is 11.3 Å². The maximum absolute atomic E-state index is 14.3. The molecule has 1 unspecified atom stereocenters. The van der Waals surface area contributed by atoms with Gasteiger partial charge in [0.15, 0.2) is 0 Å². The van der Waals surface area contributed by atoms with E-state index in [4.69, 9.17) is 21.3 Å². The fourth-order valence-corrected chi connectivity index (χ4v) is 5.41. The molecule has 0 bridgehead atoms. The summed E-state index contributed by atoms with van der Waals surface area (Å²) in [7, 11) is 0. The summed E-state index contributed by atoms with van der Waals surface area (Å²) < 4.78 is 35.8. The molecule has 1 aliphatic rings. The number of imidazole rings is 1. The minimum absolute atomic E-state index is 0.00351. The minimum atomic E-state index is -1.03. The smallest absolute Gasteiger partial charge is 0.408 e. The molecule has 0 radical (unpaired) electrons. The Hall–Kier alpha value is -5.23. The lowest BCUT2D eigenvalue weighted by Gasteiger charge is -2.28. The van der Waals surface area contributed by atoms with Crippen LogP contribution in [-0.4, -0.2) is 44.0 Å². The van der Waals surface area contributed by atoms with Crippen LogP contribution in [0.3, 0.4) is 0 Å². The maximum atomic E-state index is 14.3. The lowest BCUT2D eigenvalue weighted by Crippen LogP contribution is -2.49. The van der Waals surface area contributed by atoms with Crippen molar-refractivity contribution >= 4 is 52.9 Å². The van der Waals surface area contributed by atoms with Crippen LogP contribution in [0.5, 0.6) is 0 Å². The molecule has 0 fully saturated rings. The van der Waals surface area contributed by atoms with Gasteiger partial charge >= 0.3 is 6.09 Å². The third kappa shape index (κ3) is 9.26. The van der Waals surface area contributed by atoms with E-state index in [0.717, 1.165) is 18.4 Å². The summed E-state index contributed by atoms with van der Waals surface area (Å²) in [4.78, 5) is 45.3. The van der Waals surface area contributed by atoms with Crippen LogP contribution in [0.4, 0.5) is 30.8 Å². The Labute approximate surface area is 294 Å². The zero-order valence-corrected chi connectivity index (χ0v) is 29.0. The monoisotopic (exact) mass is 704 g/mol. The highest BCUT2D eigenvalue weighted by Gasteiger charge is 2.31. The van der Waals surface area contributed by atoms with Crippen LogP contribution in [0.1, 0.15) is 58.3 Å². The average Bonchev–Trinajstić information content (AvgIpc) is 3.42. The van der Waals surface area contributed by atoms with E-state index in [1.165, 1.54) is 29.2 Å². The van der Waals surface area contributed by atoms with Gasteiger partial charge in [-0.2, -0.15) is 0 Å². The summed E-state index contributed by atoms with van der Waals surface area (Å²) in [6, 6.07) is 16.2. The van der Waals surface area contributed by atoms with E-state index in [1.807, 2.05) is 6.92 Å². The summed E-state index contributed by atoms with van der Waals surface area (Å²) in [6.45, 7) is 7.20. The van der Waals surface area contributed by atoms with Crippen LogP contribution in [0, 0.1) is 11.6 Å². The molecule has 13 heteroatoms. The second kappa shape index (κ2) is 15.5. The van der Waals surface area contributed by atoms with Gasteiger partial charge in [-0.1, -0.05) is 49.2 Å². The molecular formula is C37H39ClF2N6O4. The molecule has 1 aliphatic heterocycles. The highest BCUT2D eigenvalue weighted by Crippen LogP contribution is 2.34. The number of ether oxygens (including phenoxy) is 1. The van der Waals surface area contributed by atoms with Crippen molar-refractivity contribution < 1.29 is 27.9 Å². The predicted octanol–water partition coefficient (Wildman–Crippen LogP) is 8.26. The SMILES string of the molecule is CCCCC(=O)Nc1ccc(CC(NC(=O)OC(C)(C)C)C(=O)N2C=Cn3c(nc(-c4cccc(F)c4)c3Nc3ccc(Cl)c(F)c3)C2)cc1. The number of carbonyl (C=O) groups excluding carboxylic acids is 3. The summed E-state index contributed by atoms with van der Waals surface area (Å²) in [5.74, 6) is -0.748. The number of anilines is 3. The number of nitrogens with one attached hydrogen (secondary N) is 3. The number of alkyl carbamates (subject to hydrolysis) is 1. The summed E-state index contributed by atoms with van der Waals surface area (Å²) in [5.41, 5.74) is 1.79. The second-order valence-electron chi connectivity index (χ2n) is 12.9. The molecule has 5 rings (SSSR count). The average molecular weight is 705 g/mol. The van der Waals surface area contributed by atoms with Crippen LogP contribution in [0.25, 0.3) is 17.5 Å². The van der Waals surface area contributed by atoms with E-state index in [-0.39, 0.29) is 23.9 Å². The lowest BCUT2D eigenvalue weighted by atomic mass is 10.0. The number of nitrogens with zero attached hydrogens (tertiary/aromatic N) is 3. The number of amides is 3. The van der Waals surface area contributed by atoms with Crippen LogP contribution < -0.4 is 16.0 Å². The molecule has 1 aromatic heterocycles. The third-order valence-corrected chi connectivity index (χ3v) is 7.99. The molecule has 4 aromatic rings. The van der Waals surface area contributed by atoms with E-state index in [0.29, 0.717) is 40.7 Å². The largest absolute Gasteiger partial charge is 0.444 e. The number of aromatic nitrogens is 2. The fourth-order valence-electron chi connectivity index (χ4n) is 5.29. The highest BCUT2D eigenvalue weighted by molar-refractivity contribution is 6.30. The third-order valence-electron chi connectivity index (χ3n) is 7.68. The molecule has 3 amide bonds. The van der Waals surface area contributed by atoms with Gasteiger partial charge in [-0.15, -0.1) is 0 Å². The molecule has 2 heterocycles. The Kier molecular flexibility index (Phi) is 11.2. The Morgan fingerprint density at radius 1 is 1.00 bits per heavy atom. The first-order chi connectivity index (χ1) is 23.8. The van der Waals surface area contributed by atoms with Crippen LogP contribution in [0.15, 0.2) is 72.9 Å². The number of fused-ring (bicyclic) bond motifs is 1. The standard InChI is InChI=1S/C37H39ClF2N6O4/c1-5-6-10-32(47)41-26-13-11-23(12-14-26)19-30(43-36(49)50-37(2,3)4)35(48)45-17-18-46-31(22-45)44-33(24-8-7-9-25(39)20-24)34(46)42-27-15-16-28(38)29(40)21-27/h7-9,11-18,20-21,30,42H,5-6,10,19,22H2,1-4H3,(H,41,47)(H,43,49). The van der Waals surface area contributed by atoms with Crippen molar-refractivity contribution in [3.05, 3.63) is 101 Å². The van der Waals surface area contributed by atoms with Crippen molar-refractivity contribution in [1.82, 2.24) is 19.8 Å². The zero-order valence-electron chi connectivity index (χ0n) is 28.2. The molecule has 0 saturated heterocycles. The Balaban J connectivity index is 1.41. The van der Waals surface area contributed by atoms with Gasteiger partial charge in [0.2, 0.25) is 11.8 Å². The van der Waals surface area contributed by atoms with E-state index in [9.17, 15) is 23.2 Å². The summed E-state index contributed by atoms with van der Waals surface area (Å²) in [5, 5.41) is 8.72. The normalized spacial score (nSPS) is 13.0. The molecule has 3 N–H and O–H groups in total. The molecular weight excluding hydrogens is 666 g/mol. The molecule has 0 aliphatic carbocycles. The zero-order chi connectivity index (χ0) is 36.0. The van der Waals surface area contributed by atoms with Crippen molar-refractivity contribution in [2.75, 3.05) is 10.6 Å². The van der Waals surface area contributed by atoms with E-state index in [2.05, 4.69) is 16.0 Å². The van der Waals surface area contributed by atoms with Crippen LogP contribution >= 0.6 is 11.6 Å². The first kappa shape index (κ1) is 36.1. The van der Waals surface area contributed by atoms with Gasteiger partial charge in [-0.25, -0.2) is 18.6 Å². The molecule has 1 atom stereocenters. The lowest BCUT2D eigenvalue weighted by molar-refractivity contribution is -0.131. The number of rotatable bonds is 11. The Morgan fingerprint density at radius 2 is 1.74 bits per heavy atom. The number of unbranched alkanes of at least 4 members (excludes halogenated alkanes) is 1. The van der Waals surface area contributed by atoms with Crippen LogP contribution in [0.2, 0.25) is 5.02 Å². The molecule has 3 aromatic carbocycles. The topological polar surface area (TPSA) is 118 Å². The van der Waals surface area contributed by atoms with Crippen molar-refractivity contribution in [3.63, 3.8) is 0 Å². The van der Waals surface area contributed by atoms with Gasteiger partial charge in [0, 0.05) is 42.2 Å². The molecule has 0 spiro atoms. The number of carbonyl (C=O) groups is 3. The number of hydrogen-bond donors (Lipinski definition) is 3. The van der Waals surface area contributed by atoms with Gasteiger partial charge in [0.05, 0.1) is 11.6 Å². The van der Waals surface area contributed by atoms with Gasteiger partial charge in [0.25, 0.3) is 0 Å². The number of halogens is 3. The quantitative estimate of drug-likeness (QED) is 0.145. The molecule has 262 valence electrons. The fraction of sp³-hybridized carbons (Fsp3) is 0.297. The molecule has 50 heavy (non-hydrogen) atoms.